The van der Waals surface area contributed by atoms with Gasteiger partial charge in [0.1, 0.15) is 0 Å². The van der Waals surface area contributed by atoms with E-state index in [0.29, 0.717) is 0 Å². The molecule has 1 aliphatic rings. The van der Waals surface area contributed by atoms with Gasteiger partial charge in [-0.15, -0.1) is 0 Å². The summed E-state index contributed by atoms with van der Waals surface area (Å²) in [6, 6.07) is 21.4. The predicted molar refractivity (Wildman–Crippen MR) is 109 cm³/mol. The molecular weight excluding hydrogens is 316 g/mol. The smallest absolute Gasteiger partial charge is 0.0694 e. The molecule has 0 aliphatic carbocycles. The van der Waals surface area contributed by atoms with Crippen LogP contribution in [0.25, 0.3) is 17.2 Å². The highest BCUT2D eigenvalue weighted by molar-refractivity contribution is 6.15. The molecule has 0 bridgehead atoms. The normalized spacial score (nSPS) is 15.7. The Bertz CT molecular complexity index is 968. The number of rotatable bonds is 3. The number of aliphatic imine (C=N–C) groups is 1. The van der Waals surface area contributed by atoms with E-state index in [9.17, 15) is 0 Å². The maximum atomic E-state index is 4.78. The zero-order valence-corrected chi connectivity index (χ0v) is 15.0. The molecule has 1 aliphatic heterocycles. The first-order valence-electron chi connectivity index (χ1n) is 9.13. The third kappa shape index (κ3) is 3.50. The summed E-state index contributed by atoms with van der Waals surface area (Å²) in [7, 11) is 0. The third-order valence-electron chi connectivity index (χ3n) is 4.80. The molecule has 1 aromatic heterocycles. The van der Waals surface area contributed by atoms with Gasteiger partial charge < -0.3 is 0 Å². The van der Waals surface area contributed by atoms with E-state index in [1.807, 2.05) is 18.5 Å². The second-order valence-electron chi connectivity index (χ2n) is 6.69. The van der Waals surface area contributed by atoms with Gasteiger partial charge in [-0.3, -0.25) is 9.98 Å². The van der Waals surface area contributed by atoms with Crippen LogP contribution >= 0.6 is 0 Å². The van der Waals surface area contributed by atoms with Crippen molar-refractivity contribution in [1.82, 2.24) is 4.98 Å². The lowest BCUT2D eigenvalue weighted by Gasteiger charge is -2.16. The van der Waals surface area contributed by atoms with Gasteiger partial charge in [-0.05, 0) is 71.9 Å². The van der Waals surface area contributed by atoms with Gasteiger partial charge >= 0.3 is 0 Å². The Morgan fingerprint density at radius 2 is 1.81 bits per heavy atom. The number of aryl methyl sites for hydroxylation is 1. The molecule has 128 valence electrons. The van der Waals surface area contributed by atoms with Crippen molar-refractivity contribution >= 4 is 11.8 Å². The fourth-order valence-corrected chi connectivity index (χ4v) is 3.49. The Morgan fingerprint density at radius 3 is 2.65 bits per heavy atom. The number of nitrogens with zero attached hydrogens (tertiary/aromatic N) is 2. The summed E-state index contributed by atoms with van der Waals surface area (Å²) in [5.74, 6) is 0. The van der Waals surface area contributed by atoms with Crippen molar-refractivity contribution in [3.05, 3.63) is 95.3 Å². The Hall–Kier alpha value is -3.00. The summed E-state index contributed by atoms with van der Waals surface area (Å²) < 4.78 is 0. The number of allylic oxidation sites excluding steroid dienone is 1. The van der Waals surface area contributed by atoms with E-state index in [2.05, 4.69) is 72.6 Å². The Morgan fingerprint density at radius 1 is 0.923 bits per heavy atom. The SMILES string of the molecule is Cc1ccccc1-c1cccc(/C=C2\CCCN=C2c2cccnc2)c1. The number of pyridine rings is 1. The molecule has 0 fully saturated rings. The van der Waals surface area contributed by atoms with Crippen molar-refractivity contribution in [3.63, 3.8) is 0 Å². The van der Waals surface area contributed by atoms with E-state index in [-0.39, 0.29) is 0 Å². The molecule has 3 aromatic rings. The first-order valence-corrected chi connectivity index (χ1v) is 9.13. The van der Waals surface area contributed by atoms with Gasteiger partial charge in [-0.1, -0.05) is 42.5 Å². The molecule has 0 atom stereocenters. The summed E-state index contributed by atoms with van der Waals surface area (Å²) in [5, 5.41) is 0. The van der Waals surface area contributed by atoms with Crippen molar-refractivity contribution in [3.8, 4) is 11.1 Å². The van der Waals surface area contributed by atoms with E-state index < -0.39 is 0 Å². The second-order valence-corrected chi connectivity index (χ2v) is 6.69. The number of aromatic nitrogens is 1. The first-order chi connectivity index (χ1) is 12.8. The summed E-state index contributed by atoms with van der Waals surface area (Å²) in [6.07, 6.45) is 8.16. The molecule has 2 aromatic carbocycles. The lowest BCUT2D eigenvalue weighted by atomic mass is 9.93. The molecule has 4 rings (SSSR count). The van der Waals surface area contributed by atoms with Crippen molar-refractivity contribution in [2.45, 2.75) is 19.8 Å². The van der Waals surface area contributed by atoms with Crippen LogP contribution in [0.3, 0.4) is 0 Å². The Kier molecular flexibility index (Phi) is 4.74. The molecule has 2 heteroatoms. The highest BCUT2D eigenvalue weighted by Crippen LogP contribution is 2.26. The third-order valence-corrected chi connectivity index (χ3v) is 4.80. The van der Waals surface area contributed by atoms with Crippen LogP contribution in [-0.4, -0.2) is 17.2 Å². The summed E-state index contributed by atoms with van der Waals surface area (Å²) >= 11 is 0. The zero-order chi connectivity index (χ0) is 17.8. The molecule has 0 amide bonds. The van der Waals surface area contributed by atoms with Crippen molar-refractivity contribution < 1.29 is 0 Å². The fraction of sp³-hybridized carbons (Fsp3) is 0.167. The van der Waals surface area contributed by atoms with Crippen LogP contribution in [0.1, 0.15) is 29.5 Å². The van der Waals surface area contributed by atoms with E-state index in [4.69, 9.17) is 4.99 Å². The lowest BCUT2D eigenvalue weighted by Crippen LogP contribution is -2.11. The van der Waals surface area contributed by atoms with Crippen LogP contribution in [0.2, 0.25) is 0 Å². The van der Waals surface area contributed by atoms with Crippen LogP contribution in [0.5, 0.6) is 0 Å². The highest BCUT2D eigenvalue weighted by Gasteiger charge is 2.14. The van der Waals surface area contributed by atoms with E-state index >= 15 is 0 Å². The molecule has 0 N–H and O–H groups in total. The summed E-state index contributed by atoms with van der Waals surface area (Å²) in [5.41, 5.74) is 8.56. The minimum atomic E-state index is 0.894. The minimum absolute atomic E-state index is 0.894. The predicted octanol–water partition coefficient (Wildman–Crippen LogP) is 5.72. The molecular formula is C24H22N2. The Balaban J connectivity index is 1.72. The molecule has 0 saturated heterocycles. The topological polar surface area (TPSA) is 25.2 Å². The number of benzene rings is 2. The van der Waals surface area contributed by atoms with Crippen LogP contribution in [0.15, 0.2) is 83.6 Å². The first kappa shape index (κ1) is 16.5. The second kappa shape index (κ2) is 7.49. The van der Waals surface area contributed by atoms with Crippen LogP contribution < -0.4 is 0 Å². The maximum absolute atomic E-state index is 4.78. The largest absolute Gasteiger partial charge is 0.284 e. The number of hydrogen-bond acceptors (Lipinski definition) is 2. The average Bonchev–Trinajstić information content (AvgIpc) is 2.70. The van der Waals surface area contributed by atoms with Crippen molar-refractivity contribution in [2.24, 2.45) is 4.99 Å². The van der Waals surface area contributed by atoms with Gasteiger partial charge in [0.2, 0.25) is 0 Å². The fourth-order valence-electron chi connectivity index (χ4n) is 3.49. The molecule has 0 spiro atoms. The standard InChI is InChI=1S/C24H22N2/c1-18-7-2-3-12-23(18)20-9-4-8-19(15-20)16-21-10-6-14-26-24(21)22-11-5-13-25-17-22/h2-5,7-9,11-13,15-17H,6,10,14H2,1H3/b21-16+. The summed E-state index contributed by atoms with van der Waals surface area (Å²) in [6.45, 7) is 3.06. The Labute approximate surface area is 155 Å². The van der Waals surface area contributed by atoms with Gasteiger partial charge in [-0.2, -0.15) is 0 Å². The monoisotopic (exact) mass is 338 g/mol. The molecule has 0 saturated carbocycles. The molecule has 2 nitrogen and oxygen atoms in total. The van der Waals surface area contributed by atoms with Gasteiger partial charge in [0.15, 0.2) is 0 Å². The van der Waals surface area contributed by atoms with Crippen molar-refractivity contribution in [2.75, 3.05) is 6.54 Å². The zero-order valence-electron chi connectivity index (χ0n) is 15.0. The van der Waals surface area contributed by atoms with Gasteiger partial charge in [0.25, 0.3) is 0 Å². The average molecular weight is 338 g/mol. The van der Waals surface area contributed by atoms with Crippen LogP contribution in [0, 0.1) is 6.92 Å². The summed E-state index contributed by atoms with van der Waals surface area (Å²) in [4.78, 5) is 9.04. The van der Waals surface area contributed by atoms with Crippen LogP contribution in [-0.2, 0) is 0 Å². The highest BCUT2D eigenvalue weighted by atomic mass is 14.8. The van der Waals surface area contributed by atoms with E-state index in [0.717, 1.165) is 30.7 Å². The molecule has 0 unspecified atom stereocenters. The minimum Gasteiger partial charge on any atom is -0.284 e. The molecule has 0 radical (unpaired) electrons. The molecule has 2 heterocycles. The lowest BCUT2D eigenvalue weighted by molar-refractivity contribution is 0.818. The molecule has 26 heavy (non-hydrogen) atoms. The number of hydrogen-bond donors (Lipinski definition) is 0. The van der Waals surface area contributed by atoms with E-state index in [1.54, 1.807) is 0 Å². The van der Waals surface area contributed by atoms with Crippen molar-refractivity contribution in [1.29, 1.82) is 0 Å². The van der Waals surface area contributed by atoms with Gasteiger partial charge in [-0.25, -0.2) is 0 Å². The quantitative estimate of drug-likeness (QED) is 0.599. The van der Waals surface area contributed by atoms with E-state index in [1.165, 1.54) is 27.8 Å². The van der Waals surface area contributed by atoms with Gasteiger partial charge in [0, 0.05) is 24.5 Å². The maximum Gasteiger partial charge on any atom is 0.0694 e. The van der Waals surface area contributed by atoms with Crippen LogP contribution in [0.4, 0.5) is 0 Å². The van der Waals surface area contributed by atoms with Gasteiger partial charge in [0.05, 0.1) is 5.71 Å².